The van der Waals surface area contributed by atoms with Crippen LogP contribution in [0.1, 0.15) is 11.3 Å². The zero-order valence-electron chi connectivity index (χ0n) is 12.9. The molecule has 3 aromatic rings. The van der Waals surface area contributed by atoms with E-state index in [1.807, 2.05) is 38.1 Å². The van der Waals surface area contributed by atoms with Crippen molar-refractivity contribution < 1.29 is 12.8 Å². The van der Waals surface area contributed by atoms with Crippen LogP contribution in [0.2, 0.25) is 0 Å². The van der Waals surface area contributed by atoms with Gasteiger partial charge in [0.15, 0.2) is 0 Å². The summed E-state index contributed by atoms with van der Waals surface area (Å²) in [6.45, 7) is 3.76. The van der Waals surface area contributed by atoms with Crippen molar-refractivity contribution in [3.63, 3.8) is 0 Å². The zero-order chi connectivity index (χ0) is 16.4. The van der Waals surface area contributed by atoms with Gasteiger partial charge < -0.3 is 4.42 Å². The van der Waals surface area contributed by atoms with Crippen LogP contribution in [0.3, 0.4) is 0 Å². The summed E-state index contributed by atoms with van der Waals surface area (Å²) in [7, 11) is -3.65. The first-order valence-corrected chi connectivity index (χ1v) is 8.69. The topological polar surface area (TPSA) is 59.3 Å². The van der Waals surface area contributed by atoms with Crippen LogP contribution in [0.5, 0.6) is 0 Å². The first-order valence-electron chi connectivity index (χ1n) is 7.21. The number of hydrogen-bond donors (Lipinski definition) is 1. The summed E-state index contributed by atoms with van der Waals surface area (Å²) in [6.07, 6.45) is 0. The molecule has 2 aromatic carbocycles. The maximum atomic E-state index is 12.6. The number of aryl methyl sites for hydroxylation is 2. The summed E-state index contributed by atoms with van der Waals surface area (Å²) in [5.74, 6) is 1.40. The van der Waals surface area contributed by atoms with Gasteiger partial charge >= 0.3 is 0 Å². The normalized spacial score (nSPS) is 11.4. The van der Waals surface area contributed by atoms with Gasteiger partial charge in [-0.3, -0.25) is 4.72 Å². The van der Waals surface area contributed by atoms with Gasteiger partial charge in [-0.1, -0.05) is 29.8 Å². The SMILES string of the molecule is Cc1ccc(S(=O)(=O)Nc2ccccc2-c2ccc(C)o2)cc1. The van der Waals surface area contributed by atoms with Gasteiger partial charge in [0.2, 0.25) is 0 Å². The number of benzene rings is 2. The molecule has 0 radical (unpaired) electrons. The van der Waals surface area contributed by atoms with Crippen LogP contribution >= 0.6 is 0 Å². The minimum Gasteiger partial charge on any atom is -0.461 e. The van der Waals surface area contributed by atoms with Crippen LogP contribution in [0.25, 0.3) is 11.3 Å². The molecule has 0 unspecified atom stereocenters. The van der Waals surface area contributed by atoms with E-state index >= 15 is 0 Å². The quantitative estimate of drug-likeness (QED) is 0.774. The number of anilines is 1. The molecule has 0 aliphatic heterocycles. The van der Waals surface area contributed by atoms with E-state index in [2.05, 4.69) is 4.72 Å². The minimum atomic E-state index is -3.65. The Labute approximate surface area is 135 Å². The third-order valence-electron chi connectivity index (χ3n) is 3.51. The highest BCUT2D eigenvalue weighted by molar-refractivity contribution is 7.92. The van der Waals surface area contributed by atoms with Crippen LogP contribution in [0, 0.1) is 13.8 Å². The van der Waals surface area contributed by atoms with E-state index in [-0.39, 0.29) is 4.90 Å². The molecular weight excluding hydrogens is 310 g/mol. The predicted octanol–water partition coefficient (Wildman–Crippen LogP) is 4.36. The standard InChI is InChI=1S/C18H17NO3S/c1-13-7-10-15(11-8-13)23(20,21)19-17-6-4-3-5-16(17)18-12-9-14(2)22-18/h3-12,19H,1-2H3. The molecule has 4 nitrogen and oxygen atoms in total. The number of nitrogens with one attached hydrogen (secondary N) is 1. The number of furan rings is 1. The van der Waals surface area contributed by atoms with Crippen LogP contribution in [0.4, 0.5) is 5.69 Å². The van der Waals surface area contributed by atoms with Gasteiger partial charge in [-0.2, -0.15) is 0 Å². The summed E-state index contributed by atoms with van der Waals surface area (Å²) in [4.78, 5) is 0.230. The summed E-state index contributed by atoms with van der Waals surface area (Å²) in [6, 6.07) is 17.6. The highest BCUT2D eigenvalue weighted by Crippen LogP contribution is 2.30. The molecule has 0 saturated carbocycles. The van der Waals surface area contributed by atoms with Gasteiger partial charge in [0.25, 0.3) is 10.0 Å². The average molecular weight is 327 g/mol. The van der Waals surface area contributed by atoms with Gasteiger partial charge in [-0.25, -0.2) is 8.42 Å². The smallest absolute Gasteiger partial charge is 0.261 e. The van der Waals surface area contributed by atoms with Gasteiger partial charge in [0.05, 0.1) is 10.6 Å². The first-order chi connectivity index (χ1) is 11.0. The van der Waals surface area contributed by atoms with Crippen molar-refractivity contribution in [2.24, 2.45) is 0 Å². The molecule has 0 aliphatic carbocycles. The third-order valence-corrected chi connectivity index (χ3v) is 4.89. The Hall–Kier alpha value is -2.53. The Morgan fingerprint density at radius 2 is 1.57 bits per heavy atom. The Balaban J connectivity index is 1.98. The van der Waals surface area contributed by atoms with E-state index in [0.717, 1.165) is 11.3 Å². The van der Waals surface area contributed by atoms with E-state index in [4.69, 9.17) is 4.42 Å². The Kier molecular flexibility index (Phi) is 3.96. The molecule has 0 aliphatic rings. The Morgan fingerprint density at radius 3 is 2.22 bits per heavy atom. The van der Waals surface area contributed by atoms with Crippen LogP contribution in [-0.4, -0.2) is 8.42 Å². The molecule has 0 spiro atoms. The molecule has 118 valence electrons. The van der Waals surface area contributed by atoms with Crippen molar-refractivity contribution in [3.8, 4) is 11.3 Å². The first kappa shape index (κ1) is 15.4. The molecule has 3 rings (SSSR count). The minimum absolute atomic E-state index is 0.230. The van der Waals surface area contributed by atoms with Crippen LogP contribution in [0.15, 0.2) is 70.0 Å². The molecule has 0 bridgehead atoms. The van der Waals surface area contributed by atoms with Crippen molar-refractivity contribution in [2.75, 3.05) is 4.72 Å². The summed E-state index contributed by atoms with van der Waals surface area (Å²) in [5.41, 5.74) is 2.20. The van der Waals surface area contributed by atoms with E-state index in [9.17, 15) is 8.42 Å². The van der Waals surface area contributed by atoms with Crippen molar-refractivity contribution in [3.05, 3.63) is 72.0 Å². The van der Waals surface area contributed by atoms with Crippen molar-refractivity contribution >= 4 is 15.7 Å². The molecule has 0 amide bonds. The van der Waals surface area contributed by atoms with Gasteiger partial charge in [-0.15, -0.1) is 0 Å². The molecule has 0 fully saturated rings. The lowest BCUT2D eigenvalue weighted by Gasteiger charge is -2.11. The molecule has 1 heterocycles. The highest BCUT2D eigenvalue weighted by atomic mass is 32.2. The maximum absolute atomic E-state index is 12.6. The predicted molar refractivity (Wildman–Crippen MR) is 90.9 cm³/mol. The summed E-state index contributed by atoms with van der Waals surface area (Å²) in [5, 5.41) is 0. The number of hydrogen-bond acceptors (Lipinski definition) is 3. The molecule has 0 saturated heterocycles. The molecular formula is C18H17NO3S. The fourth-order valence-corrected chi connectivity index (χ4v) is 3.37. The van der Waals surface area contributed by atoms with Gasteiger partial charge in [-0.05, 0) is 50.2 Å². The van der Waals surface area contributed by atoms with Crippen LogP contribution < -0.4 is 4.72 Å². The lowest BCUT2D eigenvalue weighted by atomic mass is 10.1. The zero-order valence-corrected chi connectivity index (χ0v) is 13.7. The average Bonchev–Trinajstić information content (AvgIpc) is 2.94. The van der Waals surface area contributed by atoms with Crippen molar-refractivity contribution in [1.82, 2.24) is 0 Å². The largest absolute Gasteiger partial charge is 0.461 e. The fourth-order valence-electron chi connectivity index (χ4n) is 2.29. The summed E-state index contributed by atoms with van der Waals surface area (Å²) >= 11 is 0. The number of para-hydroxylation sites is 1. The molecule has 1 aromatic heterocycles. The molecule has 1 N–H and O–H groups in total. The van der Waals surface area contributed by atoms with E-state index in [1.165, 1.54) is 0 Å². The molecule has 0 atom stereocenters. The molecule has 5 heteroatoms. The summed E-state index contributed by atoms with van der Waals surface area (Å²) < 4.78 is 33.4. The molecule has 23 heavy (non-hydrogen) atoms. The number of sulfonamides is 1. The highest BCUT2D eigenvalue weighted by Gasteiger charge is 2.17. The van der Waals surface area contributed by atoms with Gasteiger partial charge in [0.1, 0.15) is 11.5 Å². The van der Waals surface area contributed by atoms with E-state index < -0.39 is 10.0 Å². The fraction of sp³-hybridized carbons (Fsp3) is 0.111. The van der Waals surface area contributed by atoms with Crippen molar-refractivity contribution in [1.29, 1.82) is 0 Å². The second-order valence-electron chi connectivity index (χ2n) is 5.37. The third kappa shape index (κ3) is 3.29. The lowest BCUT2D eigenvalue weighted by Crippen LogP contribution is -2.13. The second kappa shape index (κ2) is 5.93. The monoisotopic (exact) mass is 327 g/mol. The van der Waals surface area contributed by atoms with Crippen LogP contribution in [-0.2, 0) is 10.0 Å². The number of rotatable bonds is 4. The van der Waals surface area contributed by atoms with Gasteiger partial charge in [0, 0.05) is 5.56 Å². The maximum Gasteiger partial charge on any atom is 0.261 e. The van der Waals surface area contributed by atoms with E-state index in [0.29, 0.717) is 17.0 Å². The second-order valence-corrected chi connectivity index (χ2v) is 7.06. The Morgan fingerprint density at radius 1 is 0.870 bits per heavy atom. The lowest BCUT2D eigenvalue weighted by molar-refractivity contribution is 0.548. The van der Waals surface area contributed by atoms with E-state index in [1.54, 1.807) is 36.4 Å². The Bertz CT molecular complexity index is 925. The van der Waals surface area contributed by atoms with Crippen molar-refractivity contribution in [2.45, 2.75) is 18.7 Å².